The zero-order chi connectivity index (χ0) is 36.7. The van der Waals surface area contributed by atoms with Crippen LogP contribution in [0.25, 0.3) is 10.4 Å². The van der Waals surface area contributed by atoms with Crippen molar-refractivity contribution in [2.75, 3.05) is 53.3 Å². The van der Waals surface area contributed by atoms with Crippen molar-refractivity contribution >= 4 is 70.0 Å². The van der Waals surface area contributed by atoms with Crippen LogP contribution in [0.4, 0.5) is 37.3 Å². The minimum atomic E-state index is -0.602. The summed E-state index contributed by atoms with van der Waals surface area (Å²) in [7, 11) is 0. The van der Waals surface area contributed by atoms with Gasteiger partial charge in [0.15, 0.2) is 0 Å². The van der Waals surface area contributed by atoms with Gasteiger partial charge in [-0.05, 0) is 98.3 Å². The van der Waals surface area contributed by atoms with Gasteiger partial charge < -0.3 is 25.2 Å². The standard InChI is InChI=1S/C40H35ClF2N6O3S/c1-44-33-4-2-3-32(41)35(33)45-21-29-17-25-11-14-49(34-19-26(42)7-10-30(34)36(25)53-29)39(51)24-5-8-28(9-6-24)47-38(50)31-18-27(43)20-46-37(31)48-22-40(23-48)12-15-52-16-13-40/h2-10,17-20,45H,1,11-16,21-23H2,(H,47,50). The number of hydrogen-bond acceptors (Lipinski definition) is 8. The number of pyridine rings is 1. The number of nitrogens with zero attached hydrogens (tertiary/aromatic N) is 4. The Morgan fingerprint density at radius 2 is 1.81 bits per heavy atom. The van der Waals surface area contributed by atoms with Crippen LogP contribution < -0.4 is 20.4 Å². The van der Waals surface area contributed by atoms with E-state index in [1.54, 1.807) is 52.6 Å². The Bertz CT molecular complexity index is 2230. The molecule has 5 heterocycles. The van der Waals surface area contributed by atoms with Gasteiger partial charge in [0.1, 0.15) is 17.5 Å². The first kappa shape index (κ1) is 34.9. The van der Waals surface area contributed by atoms with E-state index in [-0.39, 0.29) is 16.9 Å². The Morgan fingerprint density at radius 3 is 2.58 bits per heavy atom. The number of thiophene rings is 1. The maximum atomic E-state index is 14.8. The molecule has 0 bridgehead atoms. The Kier molecular flexibility index (Phi) is 9.44. The lowest BCUT2D eigenvalue weighted by molar-refractivity contribution is -0.000515. The topological polar surface area (TPSA) is 99.2 Å². The lowest BCUT2D eigenvalue weighted by atomic mass is 9.73. The fraction of sp³-hybridized carbons (Fsp3) is 0.250. The van der Waals surface area contributed by atoms with E-state index in [1.165, 1.54) is 18.2 Å². The average Bonchev–Trinajstić information content (AvgIpc) is 3.50. The molecule has 2 fully saturated rings. The van der Waals surface area contributed by atoms with E-state index in [0.29, 0.717) is 71.9 Å². The molecule has 13 heteroatoms. The molecule has 3 aliphatic heterocycles. The first-order valence-electron chi connectivity index (χ1n) is 17.3. The van der Waals surface area contributed by atoms with Crippen molar-refractivity contribution in [3.63, 3.8) is 0 Å². The van der Waals surface area contributed by atoms with E-state index < -0.39 is 17.5 Å². The second kappa shape index (κ2) is 14.3. The molecule has 53 heavy (non-hydrogen) atoms. The van der Waals surface area contributed by atoms with Crippen molar-refractivity contribution in [1.82, 2.24) is 4.98 Å². The SMILES string of the molecule is C=Nc1cccc(Cl)c1NCc1cc2c(s1)-c1ccc(F)cc1N(C(=O)c1ccc(NC(=O)c3cc(F)cnc3N3CC4(CCOCC4)C3)cc1)CC2. The molecule has 3 aliphatic rings. The maximum Gasteiger partial charge on any atom is 0.259 e. The molecule has 0 atom stereocenters. The number of aliphatic imine (C=N–C) groups is 1. The molecular formula is C40H35ClF2N6O3S. The third-order valence-corrected chi connectivity index (χ3v) is 11.7. The highest BCUT2D eigenvalue weighted by Crippen LogP contribution is 2.44. The summed E-state index contributed by atoms with van der Waals surface area (Å²) in [6.45, 7) is 7.37. The monoisotopic (exact) mass is 752 g/mol. The number of fused-ring (bicyclic) bond motifs is 3. The van der Waals surface area contributed by atoms with Crippen molar-refractivity contribution < 1.29 is 23.1 Å². The number of anilines is 4. The number of nitrogens with one attached hydrogen (secondary N) is 2. The Labute approximate surface area is 314 Å². The molecule has 2 saturated heterocycles. The van der Waals surface area contributed by atoms with Crippen LogP contribution in [0.3, 0.4) is 0 Å². The third kappa shape index (κ3) is 6.90. The van der Waals surface area contributed by atoms with E-state index in [9.17, 15) is 18.4 Å². The van der Waals surface area contributed by atoms with Gasteiger partial charge in [-0.1, -0.05) is 17.7 Å². The molecule has 8 rings (SSSR count). The molecule has 2 amide bonds. The molecule has 0 unspecified atom stereocenters. The van der Waals surface area contributed by atoms with Crippen LogP contribution in [0.1, 0.15) is 44.0 Å². The van der Waals surface area contributed by atoms with Gasteiger partial charge in [-0.3, -0.25) is 14.6 Å². The number of hydrogen-bond donors (Lipinski definition) is 2. The number of amides is 2. The zero-order valence-corrected chi connectivity index (χ0v) is 30.2. The van der Waals surface area contributed by atoms with E-state index in [4.69, 9.17) is 16.3 Å². The van der Waals surface area contributed by atoms with E-state index >= 15 is 0 Å². The Morgan fingerprint density at radius 1 is 1.02 bits per heavy atom. The summed E-state index contributed by atoms with van der Waals surface area (Å²) >= 11 is 8.00. The van der Waals surface area contributed by atoms with Gasteiger partial charge in [-0.15, -0.1) is 11.3 Å². The minimum absolute atomic E-state index is 0.141. The Hall–Kier alpha value is -5.17. The molecule has 2 aromatic heterocycles. The highest BCUT2D eigenvalue weighted by atomic mass is 35.5. The number of halogens is 3. The van der Waals surface area contributed by atoms with Crippen LogP contribution in [0.5, 0.6) is 0 Å². The number of benzene rings is 3. The normalized spacial score (nSPS) is 15.9. The fourth-order valence-corrected chi connectivity index (χ4v) is 8.82. The highest BCUT2D eigenvalue weighted by Gasteiger charge is 2.45. The number of carbonyl (C=O) groups is 2. The van der Waals surface area contributed by atoms with Crippen molar-refractivity contribution in [3.05, 3.63) is 117 Å². The molecule has 2 N–H and O–H groups in total. The number of para-hydroxylation sites is 1. The summed E-state index contributed by atoms with van der Waals surface area (Å²) in [4.78, 5) is 41.4. The van der Waals surface area contributed by atoms with Crippen molar-refractivity contribution in [1.29, 1.82) is 0 Å². The summed E-state index contributed by atoms with van der Waals surface area (Å²) in [5.41, 5.74) is 4.75. The number of carbonyl (C=O) groups excluding carboxylic acids is 2. The minimum Gasteiger partial charge on any atom is -0.381 e. The largest absolute Gasteiger partial charge is 0.381 e. The number of ether oxygens (including phenoxy) is 1. The lowest BCUT2D eigenvalue weighted by Gasteiger charge is -2.53. The third-order valence-electron chi connectivity index (χ3n) is 10.2. The summed E-state index contributed by atoms with van der Waals surface area (Å²) in [6, 6.07) is 19.8. The molecule has 3 aromatic carbocycles. The summed E-state index contributed by atoms with van der Waals surface area (Å²) in [6.07, 6.45) is 3.58. The van der Waals surface area contributed by atoms with Crippen LogP contribution >= 0.6 is 22.9 Å². The van der Waals surface area contributed by atoms with Crippen molar-refractivity contribution in [3.8, 4) is 10.4 Å². The van der Waals surface area contributed by atoms with Gasteiger partial charge in [0.2, 0.25) is 0 Å². The van der Waals surface area contributed by atoms with Gasteiger partial charge in [-0.25, -0.2) is 13.8 Å². The summed E-state index contributed by atoms with van der Waals surface area (Å²) in [5, 5.41) is 6.76. The van der Waals surface area contributed by atoms with Gasteiger partial charge >= 0.3 is 0 Å². The van der Waals surface area contributed by atoms with Gasteiger partial charge in [-0.2, -0.15) is 0 Å². The fourth-order valence-electron chi connectivity index (χ4n) is 7.40. The smallest absolute Gasteiger partial charge is 0.259 e. The average molecular weight is 753 g/mol. The molecular weight excluding hydrogens is 718 g/mol. The van der Waals surface area contributed by atoms with Crippen molar-refractivity contribution in [2.45, 2.75) is 25.8 Å². The van der Waals surface area contributed by atoms with Crippen LogP contribution in [-0.4, -0.2) is 56.4 Å². The second-order valence-electron chi connectivity index (χ2n) is 13.6. The first-order valence-corrected chi connectivity index (χ1v) is 18.5. The van der Waals surface area contributed by atoms with E-state index in [1.807, 2.05) is 17.0 Å². The maximum absolute atomic E-state index is 14.8. The summed E-state index contributed by atoms with van der Waals surface area (Å²) in [5.74, 6) is -1.41. The molecule has 0 saturated carbocycles. The quantitative estimate of drug-likeness (QED) is 0.154. The number of aromatic nitrogens is 1. The zero-order valence-electron chi connectivity index (χ0n) is 28.6. The number of rotatable bonds is 8. The molecule has 0 radical (unpaired) electrons. The molecule has 1 spiro atoms. The Balaban J connectivity index is 0.979. The predicted octanol–water partition coefficient (Wildman–Crippen LogP) is 8.76. The van der Waals surface area contributed by atoms with Gasteiger partial charge in [0, 0.05) is 71.4 Å². The lowest BCUT2D eigenvalue weighted by Crippen LogP contribution is -2.59. The van der Waals surface area contributed by atoms with Crippen molar-refractivity contribution in [2.24, 2.45) is 10.4 Å². The van der Waals surface area contributed by atoms with Gasteiger partial charge in [0.25, 0.3) is 11.8 Å². The molecule has 9 nitrogen and oxygen atoms in total. The molecule has 0 aliphatic carbocycles. The second-order valence-corrected chi connectivity index (χ2v) is 15.1. The molecule has 5 aromatic rings. The highest BCUT2D eigenvalue weighted by molar-refractivity contribution is 7.15. The predicted molar refractivity (Wildman–Crippen MR) is 206 cm³/mol. The summed E-state index contributed by atoms with van der Waals surface area (Å²) < 4.78 is 34.6. The van der Waals surface area contributed by atoms with E-state index in [2.05, 4.69) is 33.4 Å². The molecule has 270 valence electrons. The first-order chi connectivity index (χ1) is 25.7. The van der Waals surface area contributed by atoms with E-state index in [0.717, 1.165) is 53.0 Å². The van der Waals surface area contributed by atoms with Crippen LogP contribution in [0.15, 0.2) is 84.0 Å². The van der Waals surface area contributed by atoms with Crippen LogP contribution in [0.2, 0.25) is 5.02 Å². The van der Waals surface area contributed by atoms with Crippen LogP contribution in [-0.2, 0) is 17.7 Å². The van der Waals surface area contributed by atoms with Gasteiger partial charge in [0.05, 0.1) is 33.8 Å². The van der Waals surface area contributed by atoms with Crippen LogP contribution in [0, 0.1) is 17.0 Å².